The van der Waals surface area contributed by atoms with Crippen LogP contribution < -0.4 is 0 Å². The zero-order chi connectivity index (χ0) is 13.3. The summed E-state index contributed by atoms with van der Waals surface area (Å²) in [5.74, 6) is -0.0655. The minimum absolute atomic E-state index is 0.0655. The standard InChI is InChI=1S/C14H22N2O/c1-13(2,3)11-6-8-16(9-7-11)12(17)14(4,5)10-15/h6H,7-9H2,1-5H3. The van der Waals surface area contributed by atoms with Crippen molar-refractivity contribution in [1.82, 2.24) is 4.90 Å². The number of hydrogen-bond acceptors (Lipinski definition) is 2. The van der Waals surface area contributed by atoms with Crippen LogP contribution in [0.4, 0.5) is 0 Å². The Morgan fingerprint density at radius 1 is 1.35 bits per heavy atom. The molecular formula is C14H22N2O. The van der Waals surface area contributed by atoms with Crippen LogP contribution >= 0.6 is 0 Å². The Kier molecular flexibility index (Phi) is 3.66. The van der Waals surface area contributed by atoms with Crippen LogP contribution in [0, 0.1) is 22.2 Å². The van der Waals surface area contributed by atoms with Gasteiger partial charge in [0.25, 0.3) is 0 Å². The number of rotatable bonds is 1. The summed E-state index contributed by atoms with van der Waals surface area (Å²) in [6.07, 6.45) is 3.05. The predicted octanol–water partition coefficient (Wildman–Crippen LogP) is 2.74. The molecule has 0 spiro atoms. The summed E-state index contributed by atoms with van der Waals surface area (Å²) in [7, 11) is 0. The van der Waals surface area contributed by atoms with Gasteiger partial charge in [-0.15, -0.1) is 0 Å². The van der Waals surface area contributed by atoms with Crippen LogP contribution in [0.2, 0.25) is 0 Å². The van der Waals surface area contributed by atoms with Crippen molar-refractivity contribution in [2.75, 3.05) is 13.1 Å². The first-order valence-corrected chi connectivity index (χ1v) is 6.08. The Balaban J connectivity index is 2.75. The van der Waals surface area contributed by atoms with E-state index in [0.29, 0.717) is 6.54 Å². The van der Waals surface area contributed by atoms with Gasteiger partial charge in [-0.1, -0.05) is 32.4 Å². The van der Waals surface area contributed by atoms with Gasteiger partial charge in [0.1, 0.15) is 5.41 Å². The maximum atomic E-state index is 12.1. The summed E-state index contributed by atoms with van der Waals surface area (Å²) in [4.78, 5) is 13.9. The lowest BCUT2D eigenvalue weighted by atomic mass is 9.82. The van der Waals surface area contributed by atoms with E-state index in [4.69, 9.17) is 5.26 Å². The molecule has 0 radical (unpaired) electrons. The second-order valence-corrected chi connectivity index (χ2v) is 6.22. The first-order chi connectivity index (χ1) is 7.68. The van der Waals surface area contributed by atoms with Crippen molar-refractivity contribution in [2.45, 2.75) is 41.0 Å². The second kappa shape index (κ2) is 4.52. The Bertz CT molecular complexity index is 380. The summed E-state index contributed by atoms with van der Waals surface area (Å²) < 4.78 is 0. The lowest BCUT2D eigenvalue weighted by Crippen LogP contribution is -2.43. The molecule has 94 valence electrons. The number of nitrogens with zero attached hydrogens (tertiary/aromatic N) is 2. The van der Waals surface area contributed by atoms with Gasteiger partial charge in [0.2, 0.25) is 5.91 Å². The predicted molar refractivity (Wildman–Crippen MR) is 68.1 cm³/mol. The third kappa shape index (κ3) is 3.09. The third-order valence-corrected chi connectivity index (χ3v) is 3.27. The molecule has 0 aromatic heterocycles. The van der Waals surface area contributed by atoms with E-state index in [1.165, 1.54) is 5.57 Å². The fraction of sp³-hybridized carbons (Fsp3) is 0.714. The molecule has 0 saturated heterocycles. The molecule has 17 heavy (non-hydrogen) atoms. The van der Waals surface area contributed by atoms with Crippen LogP contribution in [0.1, 0.15) is 41.0 Å². The monoisotopic (exact) mass is 234 g/mol. The van der Waals surface area contributed by atoms with Crippen LogP contribution in [0.15, 0.2) is 11.6 Å². The smallest absolute Gasteiger partial charge is 0.242 e. The second-order valence-electron chi connectivity index (χ2n) is 6.22. The molecule has 1 amide bonds. The van der Waals surface area contributed by atoms with Crippen molar-refractivity contribution in [2.24, 2.45) is 10.8 Å². The van der Waals surface area contributed by atoms with Crippen molar-refractivity contribution < 1.29 is 4.79 Å². The van der Waals surface area contributed by atoms with Crippen LogP contribution in [0.5, 0.6) is 0 Å². The summed E-state index contributed by atoms with van der Waals surface area (Å²) in [6, 6.07) is 2.07. The van der Waals surface area contributed by atoms with Gasteiger partial charge in [0.05, 0.1) is 6.07 Å². The molecule has 0 bridgehead atoms. The summed E-state index contributed by atoms with van der Waals surface area (Å²) in [5, 5.41) is 8.96. The maximum Gasteiger partial charge on any atom is 0.242 e. The number of amides is 1. The Morgan fingerprint density at radius 2 is 1.94 bits per heavy atom. The van der Waals surface area contributed by atoms with Crippen molar-refractivity contribution >= 4 is 5.91 Å². The minimum atomic E-state index is -0.910. The summed E-state index contributed by atoms with van der Waals surface area (Å²) >= 11 is 0. The van der Waals surface area contributed by atoms with Gasteiger partial charge < -0.3 is 4.90 Å². The molecule has 0 fully saturated rings. The number of hydrogen-bond donors (Lipinski definition) is 0. The maximum absolute atomic E-state index is 12.1. The molecule has 1 aliphatic rings. The largest absolute Gasteiger partial charge is 0.337 e. The molecule has 0 N–H and O–H groups in total. The highest BCUT2D eigenvalue weighted by Crippen LogP contribution is 2.31. The van der Waals surface area contributed by atoms with Gasteiger partial charge in [-0.25, -0.2) is 0 Å². The van der Waals surface area contributed by atoms with E-state index >= 15 is 0 Å². The van der Waals surface area contributed by atoms with Crippen molar-refractivity contribution in [3.63, 3.8) is 0 Å². The zero-order valence-electron chi connectivity index (χ0n) is 11.5. The molecule has 0 unspecified atom stereocenters. The number of carbonyl (C=O) groups excluding carboxylic acids is 1. The van der Waals surface area contributed by atoms with Crippen molar-refractivity contribution in [1.29, 1.82) is 5.26 Å². The molecule has 1 aliphatic heterocycles. The third-order valence-electron chi connectivity index (χ3n) is 3.27. The Hall–Kier alpha value is -1.30. The van der Waals surface area contributed by atoms with Gasteiger partial charge in [0.15, 0.2) is 0 Å². The topological polar surface area (TPSA) is 44.1 Å². The fourth-order valence-electron chi connectivity index (χ4n) is 1.98. The van der Waals surface area contributed by atoms with Crippen molar-refractivity contribution in [3.8, 4) is 6.07 Å². The summed E-state index contributed by atoms with van der Waals surface area (Å²) in [5.41, 5.74) is 0.670. The van der Waals surface area contributed by atoms with Gasteiger partial charge in [0, 0.05) is 13.1 Å². The molecule has 0 atom stereocenters. The lowest BCUT2D eigenvalue weighted by Gasteiger charge is -2.34. The van der Waals surface area contributed by atoms with Gasteiger partial charge >= 0.3 is 0 Å². The SMILES string of the molecule is CC(C)(C)C1=CCN(C(=O)C(C)(C)C#N)CC1. The number of nitriles is 1. The highest BCUT2D eigenvalue weighted by molar-refractivity contribution is 5.84. The average Bonchev–Trinajstić information content (AvgIpc) is 2.27. The van der Waals surface area contributed by atoms with E-state index in [0.717, 1.165) is 13.0 Å². The van der Waals surface area contributed by atoms with E-state index in [2.05, 4.69) is 32.9 Å². The highest BCUT2D eigenvalue weighted by Gasteiger charge is 2.33. The van der Waals surface area contributed by atoms with Crippen LogP contribution in [0.3, 0.4) is 0 Å². The average molecular weight is 234 g/mol. The molecule has 3 nitrogen and oxygen atoms in total. The van der Waals surface area contributed by atoms with Crippen LogP contribution in [-0.4, -0.2) is 23.9 Å². The molecule has 3 heteroatoms. The fourth-order valence-corrected chi connectivity index (χ4v) is 1.98. The highest BCUT2D eigenvalue weighted by atomic mass is 16.2. The molecule has 0 aromatic rings. The van der Waals surface area contributed by atoms with Crippen LogP contribution in [-0.2, 0) is 4.79 Å². The molecule has 0 aliphatic carbocycles. The lowest BCUT2D eigenvalue weighted by molar-refractivity contribution is -0.137. The van der Waals surface area contributed by atoms with Crippen LogP contribution in [0.25, 0.3) is 0 Å². The van der Waals surface area contributed by atoms with Gasteiger partial charge in [-0.05, 0) is 25.7 Å². The van der Waals surface area contributed by atoms with Gasteiger partial charge in [-0.2, -0.15) is 5.26 Å². The molecule has 0 saturated carbocycles. The first-order valence-electron chi connectivity index (χ1n) is 6.08. The minimum Gasteiger partial charge on any atom is -0.337 e. The normalized spacial score (nSPS) is 17.4. The zero-order valence-corrected chi connectivity index (χ0v) is 11.5. The summed E-state index contributed by atoms with van der Waals surface area (Å²) in [6.45, 7) is 11.3. The van der Waals surface area contributed by atoms with E-state index in [-0.39, 0.29) is 11.3 Å². The van der Waals surface area contributed by atoms with Gasteiger partial charge in [-0.3, -0.25) is 4.79 Å². The van der Waals surface area contributed by atoms with E-state index in [1.54, 1.807) is 18.7 Å². The van der Waals surface area contributed by atoms with E-state index in [1.807, 2.05) is 0 Å². The number of carbonyl (C=O) groups is 1. The molecule has 1 heterocycles. The molecular weight excluding hydrogens is 212 g/mol. The van der Waals surface area contributed by atoms with E-state index < -0.39 is 5.41 Å². The quantitative estimate of drug-likeness (QED) is 0.655. The molecule has 0 aromatic carbocycles. The first kappa shape index (κ1) is 13.8. The van der Waals surface area contributed by atoms with Crippen molar-refractivity contribution in [3.05, 3.63) is 11.6 Å². The molecule has 1 rings (SSSR count). The Morgan fingerprint density at radius 3 is 2.29 bits per heavy atom. The van der Waals surface area contributed by atoms with E-state index in [9.17, 15) is 4.79 Å². The Labute approximate surface area is 104 Å².